The first kappa shape index (κ1) is 13.8. The fourth-order valence-electron chi connectivity index (χ4n) is 1.82. The maximum absolute atomic E-state index is 12.2. The number of hydrogen-bond donors (Lipinski definition) is 2. The molecular weight excluding hydrogens is 306 g/mol. The molecule has 0 aliphatic carbocycles. The summed E-state index contributed by atoms with van der Waals surface area (Å²) in [6, 6.07) is 7.54. The second kappa shape index (κ2) is 6.02. The van der Waals surface area contributed by atoms with Gasteiger partial charge in [0.05, 0.1) is 5.56 Å². The number of H-pyrrole nitrogens is 1. The van der Waals surface area contributed by atoms with Crippen molar-refractivity contribution in [2.75, 3.05) is 5.32 Å². The van der Waals surface area contributed by atoms with Gasteiger partial charge in [0.2, 0.25) is 0 Å². The van der Waals surface area contributed by atoms with Gasteiger partial charge in [-0.25, -0.2) is 0 Å². The number of anilines is 1. The monoisotopic (exact) mass is 321 g/mol. The van der Waals surface area contributed by atoms with E-state index in [0.29, 0.717) is 11.4 Å². The van der Waals surface area contributed by atoms with Crippen LogP contribution in [0.1, 0.15) is 35.0 Å². The summed E-state index contributed by atoms with van der Waals surface area (Å²) in [5.74, 6) is 0.395. The third-order valence-electron chi connectivity index (χ3n) is 2.76. The SMILES string of the molecule is CCCc1cc(NC(=O)c2cc(C)ccc2Br)n[nH]1. The number of amides is 1. The van der Waals surface area contributed by atoms with Gasteiger partial charge in [-0.3, -0.25) is 9.89 Å². The van der Waals surface area contributed by atoms with Gasteiger partial charge in [-0.05, 0) is 41.4 Å². The van der Waals surface area contributed by atoms with E-state index in [1.54, 1.807) is 0 Å². The van der Waals surface area contributed by atoms with Crippen molar-refractivity contribution in [2.45, 2.75) is 26.7 Å². The highest BCUT2D eigenvalue weighted by molar-refractivity contribution is 9.10. The summed E-state index contributed by atoms with van der Waals surface area (Å²) in [4.78, 5) is 12.2. The lowest BCUT2D eigenvalue weighted by Crippen LogP contribution is -2.13. The Morgan fingerprint density at radius 3 is 2.95 bits per heavy atom. The van der Waals surface area contributed by atoms with Crippen molar-refractivity contribution in [3.8, 4) is 0 Å². The third kappa shape index (κ3) is 3.44. The topological polar surface area (TPSA) is 57.8 Å². The molecule has 2 aromatic rings. The average Bonchev–Trinajstić information content (AvgIpc) is 2.80. The highest BCUT2D eigenvalue weighted by Crippen LogP contribution is 2.19. The molecule has 1 heterocycles. The molecule has 1 aromatic heterocycles. The van der Waals surface area contributed by atoms with E-state index in [0.717, 1.165) is 28.6 Å². The van der Waals surface area contributed by atoms with Crippen LogP contribution in [0.25, 0.3) is 0 Å². The Balaban J connectivity index is 2.13. The van der Waals surface area contributed by atoms with Crippen molar-refractivity contribution < 1.29 is 4.79 Å². The number of nitrogens with zero attached hydrogens (tertiary/aromatic N) is 1. The molecule has 0 saturated carbocycles. The predicted molar refractivity (Wildman–Crippen MR) is 79.4 cm³/mol. The zero-order valence-electron chi connectivity index (χ0n) is 11.0. The number of benzene rings is 1. The van der Waals surface area contributed by atoms with Crippen LogP contribution in [0.3, 0.4) is 0 Å². The summed E-state index contributed by atoms with van der Waals surface area (Å²) < 4.78 is 0.778. The van der Waals surface area contributed by atoms with E-state index in [4.69, 9.17) is 0 Å². The number of carbonyl (C=O) groups is 1. The van der Waals surface area contributed by atoms with E-state index in [9.17, 15) is 4.79 Å². The van der Waals surface area contributed by atoms with Crippen LogP contribution < -0.4 is 5.32 Å². The van der Waals surface area contributed by atoms with Crippen LogP contribution in [0.4, 0.5) is 5.82 Å². The first-order chi connectivity index (χ1) is 9.10. The van der Waals surface area contributed by atoms with E-state index in [-0.39, 0.29) is 5.91 Å². The summed E-state index contributed by atoms with van der Waals surface area (Å²) >= 11 is 3.39. The Bertz CT molecular complexity index is 592. The Kier molecular flexibility index (Phi) is 4.37. The molecule has 0 atom stereocenters. The highest BCUT2D eigenvalue weighted by atomic mass is 79.9. The highest BCUT2D eigenvalue weighted by Gasteiger charge is 2.12. The van der Waals surface area contributed by atoms with Gasteiger partial charge < -0.3 is 5.32 Å². The number of halogens is 1. The molecule has 1 amide bonds. The number of rotatable bonds is 4. The summed E-state index contributed by atoms with van der Waals surface area (Å²) in [5, 5.41) is 9.79. The fourth-order valence-corrected chi connectivity index (χ4v) is 2.25. The van der Waals surface area contributed by atoms with Crippen molar-refractivity contribution in [2.24, 2.45) is 0 Å². The minimum absolute atomic E-state index is 0.162. The van der Waals surface area contributed by atoms with Gasteiger partial charge >= 0.3 is 0 Å². The van der Waals surface area contributed by atoms with Crippen molar-refractivity contribution in [3.05, 3.63) is 45.6 Å². The van der Waals surface area contributed by atoms with Gasteiger partial charge in [-0.2, -0.15) is 5.10 Å². The largest absolute Gasteiger partial charge is 0.305 e. The molecule has 1 aromatic carbocycles. The van der Waals surface area contributed by atoms with E-state index >= 15 is 0 Å². The van der Waals surface area contributed by atoms with Crippen LogP contribution in [0.15, 0.2) is 28.7 Å². The fraction of sp³-hybridized carbons (Fsp3) is 0.286. The standard InChI is InChI=1S/C14H16BrN3O/c1-3-4-10-8-13(18-17-10)16-14(19)11-7-9(2)5-6-12(11)15/h5-8H,3-4H2,1-2H3,(H2,16,17,18,19). The normalized spacial score (nSPS) is 10.5. The third-order valence-corrected chi connectivity index (χ3v) is 3.45. The second-order valence-corrected chi connectivity index (χ2v) is 5.32. The van der Waals surface area contributed by atoms with Crippen LogP contribution in [0.5, 0.6) is 0 Å². The molecule has 0 spiro atoms. The predicted octanol–water partition coefficient (Wildman–Crippen LogP) is 3.69. The Labute approximate surface area is 120 Å². The molecule has 19 heavy (non-hydrogen) atoms. The molecule has 0 unspecified atom stereocenters. The molecule has 2 N–H and O–H groups in total. The number of carbonyl (C=O) groups excluding carboxylic acids is 1. The lowest BCUT2D eigenvalue weighted by molar-refractivity contribution is 0.102. The zero-order chi connectivity index (χ0) is 13.8. The molecule has 0 radical (unpaired) electrons. The molecule has 0 bridgehead atoms. The maximum atomic E-state index is 12.2. The van der Waals surface area contributed by atoms with Gasteiger partial charge in [-0.1, -0.05) is 25.0 Å². The van der Waals surface area contributed by atoms with Gasteiger partial charge in [0.1, 0.15) is 0 Å². The van der Waals surface area contributed by atoms with Crippen LogP contribution >= 0.6 is 15.9 Å². The quantitative estimate of drug-likeness (QED) is 0.902. The molecule has 2 rings (SSSR count). The molecule has 0 saturated heterocycles. The number of nitrogens with one attached hydrogen (secondary N) is 2. The molecule has 0 aliphatic heterocycles. The molecule has 0 fully saturated rings. The molecule has 100 valence electrons. The smallest absolute Gasteiger partial charge is 0.258 e. The van der Waals surface area contributed by atoms with E-state index in [1.807, 2.05) is 31.2 Å². The molecule has 5 heteroatoms. The maximum Gasteiger partial charge on any atom is 0.258 e. The Hall–Kier alpha value is -1.62. The minimum Gasteiger partial charge on any atom is -0.305 e. The van der Waals surface area contributed by atoms with Gasteiger partial charge in [0.15, 0.2) is 5.82 Å². The minimum atomic E-state index is -0.162. The van der Waals surface area contributed by atoms with Crippen LogP contribution in [0.2, 0.25) is 0 Å². The van der Waals surface area contributed by atoms with Crippen molar-refractivity contribution in [1.29, 1.82) is 0 Å². The van der Waals surface area contributed by atoms with Crippen LogP contribution in [-0.2, 0) is 6.42 Å². The van der Waals surface area contributed by atoms with Crippen LogP contribution in [-0.4, -0.2) is 16.1 Å². The summed E-state index contributed by atoms with van der Waals surface area (Å²) in [7, 11) is 0. The number of hydrogen-bond acceptors (Lipinski definition) is 2. The number of aromatic nitrogens is 2. The first-order valence-corrected chi connectivity index (χ1v) is 7.01. The average molecular weight is 322 g/mol. The summed E-state index contributed by atoms with van der Waals surface area (Å²) in [6.45, 7) is 4.06. The number of aryl methyl sites for hydroxylation is 2. The molecule has 4 nitrogen and oxygen atoms in total. The summed E-state index contributed by atoms with van der Waals surface area (Å²) in [6.07, 6.45) is 1.97. The Morgan fingerprint density at radius 1 is 1.42 bits per heavy atom. The Morgan fingerprint density at radius 2 is 2.21 bits per heavy atom. The van der Waals surface area contributed by atoms with Crippen molar-refractivity contribution in [3.63, 3.8) is 0 Å². The lowest BCUT2D eigenvalue weighted by atomic mass is 10.1. The zero-order valence-corrected chi connectivity index (χ0v) is 12.5. The van der Waals surface area contributed by atoms with E-state index in [2.05, 4.69) is 38.4 Å². The number of aromatic amines is 1. The van der Waals surface area contributed by atoms with Gasteiger partial charge in [0, 0.05) is 16.2 Å². The van der Waals surface area contributed by atoms with Gasteiger partial charge in [0.25, 0.3) is 5.91 Å². The van der Waals surface area contributed by atoms with E-state index in [1.165, 1.54) is 0 Å². The lowest BCUT2D eigenvalue weighted by Gasteiger charge is -2.05. The van der Waals surface area contributed by atoms with Crippen molar-refractivity contribution in [1.82, 2.24) is 10.2 Å². The van der Waals surface area contributed by atoms with E-state index < -0.39 is 0 Å². The second-order valence-electron chi connectivity index (χ2n) is 4.47. The van der Waals surface area contributed by atoms with Gasteiger partial charge in [-0.15, -0.1) is 0 Å². The summed E-state index contributed by atoms with van der Waals surface area (Å²) in [5.41, 5.74) is 2.68. The van der Waals surface area contributed by atoms with Crippen LogP contribution in [0, 0.1) is 6.92 Å². The molecular formula is C14H16BrN3O. The molecule has 0 aliphatic rings. The first-order valence-electron chi connectivity index (χ1n) is 6.22. The van der Waals surface area contributed by atoms with Crippen molar-refractivity contribution >= 4 is 27.7 Å².